The second kappa shape index (κ2) is 6.58. The number of carbonyl (C=O) groups is 1. The second-order valence-electron chi connectivity index (χ2n) is 5.12. The van der Waals surface area contributed by atoms with Crippen molar-refractivity contribution in [3.05, 3.63) is 34.3 Å². The number of benzene rings is 1. The number of hydrogen-bond acceptors (Lipinski definition) is 3. The van der Waals surface area contributed by atoms with E-state index in [1.54, 1.807) is 20.8 Å². The molecule has 1 aromatic rings. The minimum atomic E-state index is -0.557. The Labute approximate surface area is 121 Å². The van der Waals surface area contributed by atoms with E-state index in [-0.39, 0.29) is 12.5 Å². The van der Waals surface area contributed by atoms with Gasteiger partial charge in [0.05, 0.1) is 18.5 Å². The lowest BCUT2D eigenvalue weighted by Gasteiger charge is -2.23. The maximum Gasteiger partial charge on any atom is 0.408 e. The lowest BCUT2D eigenvalue weighted by atomic mass is 10.0. The third-order valence-electron chi connectivity index (χ3n) is 2.24. The number of hydrogen-bond donors (Lipinski definition) is 1. The molecular weight excluding hydrogens is 308 g/mol. The molecular formula is C14H17BrN2O2. The summed E-state index contributed by atoms with van der Waals surface area (Å²) in [5.74, 6) is 0. The first-order chi connectivity index (χ1) is 8.81. The summed E-state index contributed by atoms with van der Waals surface area (Å²) in [4.78, 5) is 11.7. The van der Waals surface area contributed by atoms with Gasteiger partial charge in [0.25, 0.3) is 0 Å². The van der Waals surface area contributed by atoms with E-state index in [1.165, 1.54) is 0 Å². The van der Waals surface area contributed by atoms with Gasteiger partial charge in [-0.3, -0.25) is 0 Å². The van der Waals surface area contributed by atoms with Crippen LogP contribution in [0.1, 0.15) is 38.8 Å². The topological polar surface area (TPSA) is 62.1 Å². The van der Waals surface area contributed by atoms with Crippen molar-refractivity contribution in [3.8, 4) is 6.07 Å². The Hall–Kier alpha value is -1.54. The highest BCUT2D eigenvalue weighted by Gasteiger charge is 2.20. The van der Waals surface area contributed by atoms with Crippen LogP contribution in [0.15, 0.2) is 28.7 Å². The minimum absolute atomic E-state index is 0.190. The fourth-order valence-electron chi connectivity index (χ4n) is 1.52. The molecule has 0 aliphatic carbocycles. The number of nitriles is 1. The summed E-state index contributed by atoms with van der Waals surface area (Å²) in [6.07, 6.45) is -0.330. The van der Waals surface area contributed by atoms with Gasteiger partial charge in [-0.1, -0.05) is 28.1 Å². The van der Waals surface area contributed by atoms with E-state index in [0.717, 1.165) is 10.0 Å². The van der Waals surface area contributed by atoms with Crippen LogP contribution in [0.3, 0.4) is 0 Å². The molecule has 5 heteroatoms. The third-order valence-corrected chi connectivity index (χ3v) is 2.73. The molecule has 1 unspecified atom stereocenters. The molecule has 0 radical (unpaired) electrons. The Morgan fingerprint density at radius 3 is 2.74 bits per heavy atom. The van der Waals surface area contributed by atoms with Crippen LogP contribution in [-0.4, -0.2) is 11.7 Å². The predicted molar refractivity (Wildman–Crippen MR) is 76.5 cm³/mol. The Kier molecular flexibility index (Phi) is 5.37. The summed E-state index contributed by atoms with van der Waals surface area (Å²) in [5.41, 5.74) is 0.306. The van der Waals surface area contributed by atoms with E-state index in [2.05, 4.69) is 27.3 Å². The number of carbonyl (C=O) groups excluding carboxylic acids is 1. The quantitative estimate of drug-likeness (QED) is 0.916. The van der Waals surface area contributed by atoms with E-state index in [9.17, 15) is 4.79 Å². The Bertz CT molecular complexity index is 489. The summed E-state index contributed by atoms with van der Waals surface area (Å²) in [6, 6.07) is 9.18. The van der Waals surface area contributed by atoms with Crippen molar-refractivity contribution in [2.24, 2.45) is 0 Å². The summed E-state index contributed by atoms with van der Waals surface area (Å²) in [6.45, 7) is 5.39. The first-order valence-corrected chi connectivity index (χ1v) is 6.73. The van der Waals surface area contributed by atoms with Gasteiger partial charge in [0.15, 0.2) is 0 Å². The lowest BCUT2D eigenvalue weighted by molar-refractivity contribution is 0.0504. The van der Waals surface area contributed by atoms with Crippen LogP contribution < -0.4 is 5.32 Å². The zero-order valence-electron chi connectivity index (χ0n) is 11.2. The molecule has 102 valence electrons. The summed E-state index contributed by atoms with van der Waals surface area (Å²) in [5, 5.41) is 11.6. The minimum Gasteiger partial charge on any atom is -0.444 e. The zero-order valence-corrected chi connectivity index (χ0v) is 12.8. The molecule has 1 atom stereocenters. The van der Waals surface area contributed by atoms with E-state index < -0.39 is 11.7 Å². The molecule has 1 aromatic carbocycles. The van der Waals surface area contributed by atoms with Gasteiger partial charge in [-0.05, 0) is 38.5 Å². The van der Waals surface area contributed by atoms with Gasteiger partial charge in [-0.2, -0.15) is 5.26 Å². The van der Waals surface area contributed by atoms with Crippen molar-refractivity contribution in [2.45, 2.75) is 38.8 Å². The van der Waals surface area contributed by atoms with Crippen molar-refractivity contribution in [1.82, 2.24) is 5.32 Å². The van der Waals surface area contributed by atoms with E-state index in [0.29, 0.717) is 0 Å². The van der Waals surface area contributed by atoms with Crippen LogP contribution >= 0.6 is 15.9 Å². The Balaban J connectivity index is 2.79. The molecule has 1 rings (SSSR count). The van der Waals surface area contributed by atoms with Crippen molar-refractivity contribution in [3.63, 3.8) is 0 Å². The summed E-state index contributed by atoms with van der Waals surface area (Å²) >= 11 is 3.37. The van der Waals surface area contributed by atoms with Crippen LogP contribution in [0.25, 0.3) is 0 Å². The van der Waals surface area contributed by atoms with Crippen molar-refractivity contribution < 1.29 is 9.53 Å². The normalized spacial score (nSPS) is 12.4. The molecule has 0 aliphatic rings. The van der Waals surface area contributed by atoms with E-state index >= 15 is 0 Å². The molecule has 0 heterocycles. The van der Waals surface area contributed by atoms with Gasteiger partial charge in [-0.15, -0.1) is 0 Å². The highest BCUT2D eigenvalue weighted by molar-refractivity contribution is 9.10. The maximum absolute atomic E-state index is 11.7. The van der Waals surface area contributed by atoms with Gasteiger partial charge in [0, 0.05) is 4.47 Å². The fraction of sp³-hybridized carbons (Fsp3) is 0.429. The predicted octanol–water partition coefficient (Wildman–Crippen LogP) is 3.93. The monoisotopic (exact) mass is 324 g/mol. The van der Waals surface area contributed by atoms with Gasteiger partial charge in [0.2, 0.25) is 0 Å². The number of nitrogens with zero attached hydrogens (tertiary/aromatic N) is 1. The zero-order chi connectivity index (χ0) is 14.5. The number of nitrogens with one attached hydrogen (secondary N) is 1. The van der Waals surface area contributed by atoms with Gasteiger partial charge < -0.3 is 10.1 Å². The number of ether oxygens (including phenoxy) is 1. The average molecular weight is 325 g/mol. The fourth-order valence-corrected chi connectivity index (χ4v) is 1.93. The molecule has 0 bridgehead atoms. The molecule has 0 saturated carbocycles. The lowest BCUT2D eigenvalue weighted by Crippen LogP contribution is -2.34. The SMILES string of the molecule is CC(C)(C)OC(=O)NC(CC#N)c1cccc(Br)c1. The van der Waals surface area contributed by atoms with Crippen LogP contribution in [0, 0.1) is 11.3 Å². The number of rotatable bonds is 3. The van der Waals surface area contributed by atoms with Crippen LogP contribution in [-0.2, 0) is 4.74 Å². The smallest absolute Gasteiger partial charge is 0.408 e. The molecule has 4 nitrogen and oxygen atoms in total. The van der Waals surface area contributed by atoms with Crippen LogP contribution in [0.2, 0.25) is 0 Å². The molecule has 1 amide bonds. The average Bonchev–Trinajstić information content (AvgIpc) is 2.26. The number of amides is 1. The summed E-state index contributed by atoms with van der Waals surface area (Å²) < 4.78 is 6.10. The van der Waals surface area contributed by atoms with E-state index in [4.69, 9.17) is 10.00 Å². The Morgan fingerprint density at radius 1 is 1.53 bits per heavy atom. The van der Waals surface area contributed by atoms with Crippen LogP contribution in [0.4, 0.5) is 4.79 Å². The van der Waals surface area contributed by atoms with Gasteiger partial charge >= 0.3 is 6.09 Å². The van der Waals surface area contributed by atoms with Gasteiger partial charge in [0.1, 0.15) is 5.60 Å². The second-order valence-corrected chi connectivity index (χ2v) is 6.03. The van der Waals surface area contributed by atoms with Crippen molar-refractivity contribution in [1.29, 1.82) is 5.26 Å². The molecule has 0 fully saturated rings. The van der Waals surface area contributed by atoms with E-state index in [1.807, 2.05) is 24.3 Å². The molecule has 19 heavy (non-hydrogen) atoms. The standard InChI is InChI=1S/C14H17BrN2O2/c1-14(2,3)19-13(18)17-12(7-8-16)10-5-4-6-11(15)9-10/h4-6,9,12H,7H2,1-3H3,(H,17,18). The van der Waals surface area contributed by atoms with Crippen LogP contribution in [0.5, 0.6) is 0 Å². The maximum atomic E-state index is 11.7. The van der Waals surface area contributed by atoms with Crippen molar-refractivity contribution >= 4 is 22.0 Å². The molecule has 0 spiro atoms. The molecule has 0 aliphatic heterocycles. The Morgan fingerprint density at radius 2 is 2.21 bits per heavy atom. The highest BCUT2D eigenvalue weighted by Crippen LogP contribution is 2.21. The molecule has 1 N–H and O–H groups in total. The molecule has 0 aromatic heterocycles. The third kappa shape index (κ3) is 5.75. The number of alkyl carbamates (subject to hydrolysis) is 1. The molecule has 0 saturated heterocycles. The summed E-state index contributed by atoms with van der Waals surface area (Å²) in [7, 11) is 0. The number of halogens is 1. The van der Waals surface area contributed by atoms with Crippen molar-refractivity contribution in [2.75, 3.05) is 0 Å². The first-order valence-electron chi connectivity index (χ1n) is 5.94. The van der Waals surface area contributed by atoms with Gasteiger partial charge in [-0.25, -0.2) is 4.79 Å². The highest BCUT2D eigenvalue weighted by atomic mass is 79.9. The largest absolute Gasteiger partial charge is 0.444 e. The first kappa shape index (κ1) is 15.5.